The SMILES string of the molecule is [3H]c1ccc(OCc2c(-n3nnn(C)c3=O)coc2Cl)c(C)c1. The number of rotatable bonds is 4. The normalized spacial score (nSPS) is 11.5. The second-order valence-electron chi connectivity index (χ2n) is 4.65. The molecule has 22 heavy (non-hydrogen) atoms. The minimum Gasteiger partial charge on any atom is -0.488 e. The smallest absolute Gasteiger partial charge is 0.368 e. The lowest BCUT2D eigenvalue weighted by molar-refractivity contribution is 0.302. The third kappa shape index (κ3) is 2.50. The summed E-state index contributed by atoms with van der Waals surface area (Å²) in [4.78, 5) is 12.0. The predicted octanol–water partition coefficient (Wildman–Crippen LogP) is 2.10. The highest BCUT2D eigenvalue weighted by Gasteiger charge is 2.18. The zero-order valence-electron chi connectivity index (χ0n) is 12.9. The number of hydrogen-bond donors (Lipinski definition) is 0. The average molecular weight is 323 g/mol. The van der Waals surface area contributed by atoms with Crippen molar-refractivity contribution >= 4 is 11.6 Å². The Bertz CT molecular complexity index is 915. The summed E-state index contributed by atoms with van der Waals surface area (Å²) in [6.07, 6.45) is 1.33. The van der Waals surface area contributed by atoms with Gasteiger partial charge in [-0.05, 0) is 40.6 Å². The summed E-state index contributed by atoms with van der Waals surface area (Å²) in [6.45, 7) is 1.93. The van der Waals surface area contributed by atoms with Crippen LogP contribution in [-0.2, 0) is 13.7 Å². The van der Waals surface area contributed by atoms with Gasteiger partial charge in [-0.2, -0.15) is 9.36 Å². The first kappa shape index (κ1) is 13.1. The van der Waals surface area contributed by atoms with Crippen molar-refractivity contribution in [2.45, 2.75) is 13.5 Å². The van der Waals surface area contributed by atoms with Crippen LogP contribution in [0.5, 0.6) is 5.75 Å². The van der Waals surface area contributed by atoms with E-state index in [1.54, 1.807) is 18.2 Å². The monoisotopic (exact) mass is 322 g/mol. The zero-order valence-corrected chi connectivity index (χ0v) is 12.7. The summed E-state index contributed by atoms with van der Waals surface area (Å²) in [5.74, 6) is 0.621. The maximum absolute atomic E-state index is 12.0. The van der Waals surface area contributed by atoms with E-state index in [4.69, 9.17) is 22.1 Å². The van der Waals surface area contributed by atoms with Crippen LogP contribution >= 0.6 is 11.6 Å². The second kappa shape index (κ2) is 5.69. The summed E-state index contributed by atoms with van der Waals surface area (Å²) in [7, 11) is 1.50. The highest BCUT2D eigenvalue weighted by molar-refractivity contribution is 6.29. The fourth-order valence-corrected chi connectivity index (χ4v) is 2.13. The van der Waals surface area contributed by atoms with Crippen molar-refractivity contribution < 1.29 is 10.5 Å². The molecular formula is C14H13ClN4O3. The summed E-state index contributed by atoms with van der Waals surface area (Å²) >= 11 is 6.04. The molecule has 0 saturated carbocycles. The molecule has 0 fully saturated rings. The summed E-state index contributed by atoms with van der Waals surface area (Å²) in [5, 5.41) is 7.54. The molecule has 0 aliphatic carbocycles. The van der Waals surface area contributed by atoms with Crippen LogP contribution in [0, 0.1) is 6.92 Å². The minimum absolute atomic E-state index is 0.0892. The van der Waals surface area contributed by atoms with Gasteiger partial charge in [0.15, 0.2) is 0 Å². The topological polar surface area (TPSA) is 75.1 Å². The molecule has 0 radical (unpaired) electrons. The first-order valence-corrected chi connectivity index (χ1v) is 6.80. The molecule has 0 N–H and O–H groups in total. The number of para-hydroxylation sites is 1. The number of aryl methyl sites for hydroxylation is 2. The fourth-order valence-electron chi connectivity index (χ4n) is 1.94. The second-order valence-corrected chi connectivity index (χ2v) is 4.99. The predicted molar refractivity (Wildman–Crippen MR) is 79.4 cm³/mol. The Hall–Kier alpha value is -2.54. The van der Waals surface area contributed by atoms with Gasteiger partial charge in [0.1, 0.15) is 24.3 Å². The van der Waals surface area contributed by atoms with Crippen LogP contribution < -0.4 is 10.4 Å². The van der Waals surface area contributed by atoms with Crippen LogP contribution in [0.2, 0.25) is 5.22 Å². The molecule has 1 aromatic carbocycles. The van der Waals surface area contributed by atoms with Crippen molar-refractivity contribution in [2.24, 2.45) is 7.05 Å². The van der Waals surface area contributed by atoms with Gasteiger partial charge >= 0.3 is 5.69 Å². The van der Waals surface area contributed by atoms with Gasteiger partial charge < -0.3 is 9.15 Å². The standard InChI is InChI=1S/C14H13ClN4O3/c1-9-5-3-4-6-12(9)21-7-10-11(8-22-13(10)15)19-14(20)18(2)16-17-19/h3-6,8H,7H2,1-2H3/i3T. The molecule has 0 amide bonds. The number of nitrogens with zero attached hydrogens (tertiary/aromatic N) is 4. The van der Waals surface area contributed by atoms with Gasteiger partial charge in [-0.15, -0.1) is 0 Å². The van der Waals surface area contributed by atoms with Crippen LogP contribution in [-0.4, -0.2) is 19.8 Å². The molecule has 2 heterocycles. The van der Waals surface area contributed by atoms with E-state index in [1.165, 1.54) is 13.3 Å². The number of tetrazole rings is 1. The maximum atomic E-state index is 12.0. The number of ether oxygens (including phenoxy) is 1. The van der Waals surface area contributed by atoms with Crippen LogP contribution in [0.1, 0.15) is 12.5 Å². The zero-order chi connectivity index (χ0) is 16.6. The third-order valence-corrected chi connectivity index (χ3v) is 3.48. The Balaban J connectivity index is 1.90. The van der Waals surface area contributed by atoms with Crippen molar-refractivity contribution in [3.8, 4) is 11.4 Å². The Kier molecular flexibility index (Phi) is 3.40. The number of hydrogen-bond acceptors (Lipinski definition) is 5. The Morgan fingerprint density at radius 1 is 1.45 bits per heavy atom. The van der Waals surface area contributed by atoms with Gasteiger partial charge in [-0.3, -0.25) is 0 Å². The van der Waals surface area contributed by atoms with Crippen molar-refractivity contribution in [1.29, 1.82) is 0 Å². The molecule has 0 aliphatic heterocycles. The lowest BCUT2D eigenvalue weighted by Crippen LogP contribution is -2.22. The van der Waals surface area contributed by atoms with Crippen molar-refractivity contribution in [3.63, 3.8) is 0 Å². The first-order chi connectivity index (χ1) is 11.0. The average Bonchev–Trinajstić information content (AvgIpc) is 3.02. The third-order valence-electron chi connectivity index (χ3n) is 3.16. The van der Waals surface area contributed by atoms with E-state index in [0.717, 1.165) is 14.9 Å². The molecule has 2 aromatic heterocycles. The molecular weight excluding hydrogens is 308 g/mol. The van der Waals surface area contributed by atoms with Crippen molar-refractivity contribution in [3.05, 3.63) is 57.3 Å². The van der Waals surface area contributed by atoms with E-state index in [0.29, 0.717) is 23.0 Å². The van der Waals surface area contributed by atoms with E-state index < -0.39 is 5.69 Å². The molecule has 7 nitrogen and oxygen atoms in total. The van der Waals surface area contributed by atoms with E-state index in [2.05, 4.69) is 10.4 Å². The molecule has 114 valence electrons. The molecule has 3 rings (SSSR count). The molecule has 3 aromatic rings. The minimum atomic E-state index is -0.418. The van der Waals surface area contributed by atoms with E-state index in [-0.39, 0.29) is 11.8 Å². The van der Waals surface area contributed by atoms with Gasteiger partial charge in [0.05, 0.1) is 6.93 Å². The Morgan fingerprint density at radius 2 is 2.27 bits per heavy atom. The molecule has 0 unspecified atom stereocenters. The summed E-state index contributed by atoms with van der Waals surface area (Å²) in [6, 6.07) is 5.44. The fraction of sp³-hybridized carbons (Fsp3) is 0.214. The van der Waals surface area contributed by atoms with E-state index in [9.17, 15) is 4.79 Å². The van der Waals surface area contributed by atoms with Crippen LogP contribution in [0.25, 0.3) is 5.69 Å². The molecule has 0 bridgehead atoms. The van der Waals surface area contributed by atoms with Crippen LogP contribution in [0.15, 0.2) is 39.7 Å². The maximum Gasteiger partial charge on any atom is 0.368 e. The highest BCUT2D eigenvalue weighted by atomic mass is 35.5. The van der Waals surface area contributed by atoms with E-state index >= 15 is 0 Å². The number of furan rings is 1. The Labute approximate surface area is 132 Å². The van der Waals surface area contributed by atoms with Gasteiger partial charge in [0.2, 0.25) is 5.22 Å². The largest absolute Gasteiger partial charge is 0.488 e. The summed E-state index contributed by atoms with van der Waals surface area (Å²) < 4.78 is 20.7. The quantitative estimate of drug-likeness (QED) is 0.735. The molecule has 0 spiro atoms. The van der Waals surface area contributed by atoms with Gasteiger partial charge in [0, 0.05) is 7.05 Å². The lowest BCUT2D eigenvalue weighted by atomic mass is 10.2. The lowest BCUT2D eigenvalue weighted by Gasteiger charge is -2.08. The number of aromatic nitrogens is 4. The molecule has 0 aliphatic rings. The number of halogens is 1. The van der Waals surface area contributed by atoms with Crippen LogP contribution in [0.4, 0.5) is 0 Å². The van der Waals surface area contributed by atoms with Gasteiger partial charge in [-0.25, -0.2) is 4.79 Å². The molecule has 8 heteroatoms. The highest BCUT2D eigenvalue weighted by Crippen LogP contribution is 2.27. The Morgan fingerprint density at radius 3 is 2.95 bits per heavy atom. The van der Waals surface area contributed by atoms with Crippen LogP contribution in [0.3, 0.4) is 0 Å². The first-order valence-electron chi connectivity index (χ1n) is 6.92. The molecule has 0 atom stereocenters. The van der Waals surface area contributed by atoms with Gasteiger partial charge in [0.25, 0.3) is 0 Å². The van der Waals surface area contributed by atoms with E-state index in [1.807, 2.05) is 6.92 Å². The number of benzene rings is 1. The molecule has 0 saturated heterocycles. The van der Waals surface area contributed by atoms with Gasteiger partial charge in [-0.1, -0.05) is 18.2 Å². The van der Waals surface area contributed by atoms with Crippen molar-refractivity contribution in [1.82, 2.24) is 19.8 Å². The van der Waals surface area contributed by atoms with Crippen molar-refractivity contribution in [2.75, 3.05) is 0 Å². The summed E-state index contributed by atoms with van der Waals surface area (Å²) in [5.41, 5.74) is 1.28.